The van der Waals surface area contributed by atoms with Crippen molar-refractivity contribution in [2.45, 2.75) is 25.5 Å². The van der Waals surface area contributed by atoms with Gasteiger partial charge in [0, 0.05) is 41.6 Å². The van der Waals surface area contributed by atoms with Gasteiger partial charge in [0.05, 0.1) is 5.39 Å². The third kappa shape index (κ3) is 3.40. The van der Waals surface area contributed by atoms with Gasteiger partial charge in [-0.25, -0.2) is 4.98 Å². The largest absolute Gasteiger partial charge is 0.356 e. The Kier molecular flexibility index (Phi) is 5.37. The number of aromatic nitrogens is 2. The van der Waals surface area contributed by atoms with Crippen LogP contribution in [0.3, 0.4) is 0 Å². The number of thioether (sulfide) groups is 1. The van der Waals surface area contributed by atoms with Crippen molar-refractivity contribution >= 4 is 50.6 Å². The topological polar surface area (TPSA) is 64.0 Å². The second-order valence-electron chi connectivity index (χ2n) is 5.08. The molecular formula is C16H17N3O2S3. The highest BCUT2D eigenvalue weighted by Gasteiger charge is 2.17. The summed E-state index contributed by atoms with van der Waals surface area (Å²) in [5.41, 5.74) is 0.980. The quantitative estimate of drug-likeness (QED) is 0.405. The van der Waals surface area contributed by atoms with E-state index in [0.29, 0.717) is 29.4 Å². The van der Waals surface area contributed by atoms with Gasteiger partial charge >= 0.3 is 0 Å². The van der Waals surface area contributed by atoms with Crippen LogP contribution in [0.25, 0.3) is 20.7 Å². The van der Waals surface area contributed by atoms with Gasteiger partial charge in [-0.2, -0.15) is 0 Å². The van der Waals surface area contributed by atoms with Gasteiger partial charge < -0.3 is 5.32 Å². The fraction of sp³-hybridized carbons (Fsp3) is 0.312. The molecule has 0 radical (unpaired) electrons. The van der Waals surface area contributed by atoms with E-state index in [2.05, 4.69) is 5.32 Å². The van der Waals surface area contributed by atoms with Gasteiger partial charge in [0.25, 0.3) is 5.56 Å². The van der Waals surface area contributed by atoms with Gasteiger partial charge in [-0.1, -0.05) is 17.8 Å². The lowest BCUT2D eigenvalue weighted by atomic mass is 10.2. The van der Waals surface area contributed by atoms with E-state index in [1.165, 1.54) is 30.0 Å². The first-order valence-electron chi connectivity index (χ1n) is 7.55. The van der Waals surface area contributed by atoms with Crippen molar-refractivity contribution in [3.63, 3.8) is 0 Å². The van der Waals surface area contributed by atoms with Crippen molar-refractivity contribution in [3.8, 4) is 10.4 Å². The molecule has 0 fully saturated rings. The highest BCUT2D eigenvalue weighted by Crippen LogP contribution is 2.34. The fourth-order valence-corrected chi connectivity index (χ4v) is 5.10. The molecule has 3 aromatic rings. The average Bonchev–Trinajstić information content (AvgIpc) is 3.20. The molecular weight excluding hydrogens is 362 g/mol. The molecule has 0 bridgehead atoms. The minimum atomic E-state index is -0.0502. The monoisotopic (exact) mass is 379 g/mol. The van der Waals surface area contributed by atoms with Crippen LogP contribution in [0.5, 0.6) is 0 Å². The van der Waals surface area contributed by atoms with E-state index in [-0.39, 0.29) is 11.5 Å². The molecule has 24 heavy (non-hydrogen) atoms. The summed E-state index contributed by atoms with van der Waals surface area (Å²) in [5.74, 6) is 0.631. The Bertz CT molecular complexity index is 913. The van der Waals surface area contributed by atoms with Crippen LogP contribution >= 0.6 is 34.4 Å². The minimum Gasteiger partial charge on any atom is -0.356 e. The van der Waals surface area contributed by atoms with Gasteiger partial charge in [0.1, 0.15) is 4.83 Å². The third-order valence-electron chi connectivity index (χ3n) is 3.47. The molecule has 0 aliphatic heterocycles. The summed E-state index contributed by atoms with van der Waals surface area (Å²) in [5, 5.41) is 8.19. The van der Waals surface area contributed by atoms with Crippen LogP contribution in [-0.2, 0) is 11.3 Å². The van der Waals surface area contributed by atoms with E-state index in [4.69, 9.17) is 4.98 Å². The van der Waals surface area contributed by atoms with Gasteiger partial charge in [0.15, 0.2) is 5.16 Å². The maximum absolute atomic E-state index is 12.9. The molecule has 3 heterocycles. The Morgan fingerprint density at radius 3 is 2.92 bits per heavy atom. The Morgan fingerprint density at radius 1 is 1.42 bits per heavy atom. The van der Waals surface area contributed by atoms with E-state index < -0.39 is 0 Å². The van der Waals surface area contributed by atoms with E-state index >= 15 is 0 Å². The molecule has 1 N–H and O–H groups in total. The highest BCUT2D eigenvalue weighted by molar-refractivity contribution is 7.99. The number of thiophene rings is 2. The SMILES string of the molecule is CCn1c(SCCNC(C)=O)nc2scc(-c3cccs3)c2c1=O. The first-order chi connectivity index (χ1) is 11.6. The second kappa shape index (κ2) is 7.50. The Hall–Kier alpha value is -1.64. The van der Waals surface area contributed by atoms with E-state index in [0.717, 1.165) is 15.3 Å². The number of fused-ring (bicyclic) bond motifs is 1. The zero-order valence-corrected chi connectivity index (χ0v) is 15.8. The molecule has 8 heteroatoms. The molecule has 126 valence electrons. The zero-order chi connectivity index (χ0) is 17.1. The van der Waals surface area contributed by atoms with Crippen LogP contribution in [0.2, 0.25) is 0 Å². The number of nitrogens with one attached hydrogen (secondary N) is 1. The van der Waals surface area contributed by atoms with E-state index in [9.17, 15) is 9.59 Å². The smallest absolute Gasteiger partial charge is 0.263 e. The fourth-order valence-electron chi connectivity index (χ4n) is 2.38. The van der Waals surface area contributed by atoms with Crippen molar-refractivity contribution in [1.82, 2.24) is 14.9 Å². The number of nitrogens with zero attached hydrogens (tertiary/aromatic N) is 2. The molecule has 3 aromatic heterocycles. The molecule has 1 amide bonds. The Balaban J connectivity index is 1.97. The number of hydrogen-bond donors (Lipinski definition) is 1. The van der Waals surface area contributed by atoms with E-state index in [1.54, 1.807) is 15.9 Å². The van der Waals surface area contributed by atoms with Crippen LogP contribution in [0.4, 0.5) is 0 Å². The van der Waals surface area contributed by atoms with Crippen molar-refractivity contribution in [2.24, 2.45) is 0 Å². The molecule has 0 aliphatic carbocycles. The van der Waals surface area contributed by atoms with Gasteiger partial charge in [-0.3, -0.25) is 14.2 Å². The molecule has 3 rings (SSSR count). The molecule has 0 unspecified atom stereocenters. The number of carbonyl (C=O) groups excluding carboxylic acids is 1. The predicted octanol–water partition coefficient (Wildman–Crippen LogP) is 3.43. The summed E-state index contributed by atoms with van der Waals surface area (Å²) in [4.78, 5) is 30.4. The summed E-state index contributed by atoms with van der Waals surface area (Å²) >= 11 is 4.63. The number of rotatable bonds is 6. The third-order valence-corrected chi connectivity index (χ3v) is 6.22. The lowest BCUT2D eigenvalue weighted by Gasteiger charge is -2.10. The van der Waals surface area contributed by atoms with Crippen molar-refractivity contribution in [1.29, 1.82) is 0 Å². The lowest BCUT2D eigenvalue weighted by Crippen LogP contribution is -2.24. The molecule has 0 saturated heterocycles. The Morgan fingerprint density at radius 2 is 2.25 bits per heavy atom. The molecule has 5 nitrogen and oxygen atoms in total. The lowest BCUT2D eigenvalue weighted by molar-refractivity contribution is -0.118. The number of hydrogen-bond acceptors (Lipinski definition) is 6. The standard InChI is InChI=1S/C16H17N3O2S3/c1-3-19-15(21)13-11(12-5-4-7-22-12)9-24-14(13)18-16(19)23-8-6-17-10(2)20/h4-5,7,9H,3,6,8H2,1-2H3,(H,17,20). The normalized spacial score (nSPS) is 11.1. The maximum Gasteiger partial charge on any atom is 0.263 e. The van der Waals surface area contributed by atoms with Crippen LogP contribution in [-0.4, -0.2) is 27.8 Å². The van der Waals surface area contributed by atoms with Crippen LogP contribution < -0.4 is 10.9 Å². The van der Waals surface area contributed by atoms with Crippen LogP contribution in [0.1, 0.15) is 13.8 Å². The van der Waals surface area contributed by atoms with E-state index in [1.807, 2.05) is 29.8 Å². The summed E-state index contributed by atoms with van der Waals surface area (Å²) < 4.78 is 1.71. The number of carbonyl (C=O) groups is 1. The van der Waals surface area contributed by atoms with Gasteiger partial charge in [0.2, 0.25) is 5.91 Å². The van der Waals surface area contributed by atoms with Crippen LogP contribution in [0, 0.1) is 0 Å². The van der Waals surface area contributed by atoms with Gasteiger partial charge in [-0.05, 0) is 18.4 Å². The van der Waals surface area contributed by atoms with Gasteiger partial charge in [-0.15, -0.1) is 22.7 Å². The summed E-state index contributed by atoms with van der Waals surface area (Å²) in [6.45, 7) is 4.57. The maximum atomic E-state index is 12.9. The summed E-state index contributed by atoms with van der Waals surface area (Å²) in [6.07, 6.45) is 0. The van der Waals surface area contributed by atoms with Crippen molar-refractivity contribution in [3.05, 3.63) is 33.2 Å². The Labute approximate surface area is 151 Å². The molecule has 0 aromatic carbocycles. The average molecular weight is 380 g/mol. The molecule has 0 spiro atoms. The van der Waals surface area contributed by atoms with Crippen LogP contribution in [0.15, 0.2) is 32.8 Å². The molecule has 0 atom stereocenters. The highest BCUT2D eigenvalue weighted by atomic mass is 32.2. The zero-order valence-electron chi connectivity index (χ0n) is 13.4. The first kappa shape index (κ1) is 17.2. The molecule has 0 aliphatic rings. The summed E-state index contributed by atoms with van der Waals surface area (Å²) in [7, 11) is 0. The van der Waals surface area contributed by atoms with Crippen molar-refractivity contribution in [2.75, 3.05) is 12.3 Å². The first-order valence-corrected chi connectivity index (χ1v) is 10.3. The summed E-state index contributed by atoms with van der Waals surface area (Å²) in [6, 6.07) is 4.01. The second-order valence-corrected chi connectivity index (χ2v) is 7.95. The predicted molar refractivity (Wildman–Crippen MR) is 102 cm³/mol. The van der Waals surface area contributed by atoms with Crippen molar-refractivity contribution < 1.29 is 4.79 Å². The molecule has 0 saturated carbocycles. The number of amides is 1. The minimum absolute atomic E-state index is 0.00850.